The number of para-hydroxylation sites is 1. The molecule has 2 aromatic rings. The van der Waals surface area contributed by atoms with Gasteiger partial charge in [-0.1, -0.05) is 18.2 Å². The zero-order chi connectivity index (χ0) is 18.0. The Hall–Kier alpha value is -1.85. The predicted molar refractivity (Wildman–Crippen MR) is 100 cm³/mol. The van der Waals surface area contributed by atoms with E-state index >= 15 is 0 Å². The molecular formula is C20H29N3O2. The van der Waals surface area contributed by atoms with Gasteiger partial charge in [-0.05, 0) is 49.3 Å². The normalized spacial score (nSPS) is 24.7. The van der Waals surface area contributed by atoms with Gasteiger partial charge in [-0.2, -0.15) is 0 Å². The van der Waals surface area contributed by atoms with Crippen molar-refractivity contribution < 1.29 is 9.90 Å². The van der Waals surface area contributed by atoms with Crippen LogP contribution in [0.3, 0.4) is 0 Å². The standard InChI is InChI=1S/C19H25N3O.CH4O/c1-22(2)16(23)12-19-9-5-11-20-18(19)17-13-6-3-4-7-14(13)21-15(17)8-10-19;1-2/h3-4,6-7,18,20-21H,5,8-12H2,1-2H3;2H,1H3/t18-,19+;/m1./s1. The minimum Gasteiger partial charge on any atom is -0.400 e. The summed E-state index contributed by atoms with van der Waals surface area (Å²) in [5, 5.41) is 12.1. The van der Waals surface area contributed by atoms with Gasteiger partial charge in [-0.3, -0.25) is 4.79 Å². The first-order valence-electron chi connectivity index (χ1n) is 9.08. The van der Waals surface area contributed by atoms with E-state index in [4.69, 9.17) is 5.11 Å². The van der Waals surface area contributed by atoms with Gasteiger partial charge in [-0.15, -0.1) is 0 Å². The Bertz CT molecular complexity index is 752. The fourth-order valence-corrected chi connectivity index (χ4v) is 4.58. The van der Waals surface area contributed by atoms with Gasteiger partial charge in [0.05, 0.1) is 0 Å². The van der Waals surface area contributed by atoms with E-state index in [0.717, 1.165) is 39.3 Å². The summed E-state index contributed by atoms with van der Waals surface area (Å²) in [5.41, 5.74) is 4.06. The highest BCUT2D eigenvalue weighted by Gasteiger charge is 2.47. The monoisotopic (exact) mass is 343 g/mol. The number of aromatic amines is 1. The summed E-state index contributed by atoms with van der Waals surface area (Å²) in [4.78, 5) is 17.8. The van der Waals surface area contributed by atoms with Crippen molar-refractivity contribution in [2.75, 3.05) is 27.7 Å². The Morgan fingerprint density at radius 3 is 2.80 bits per heavy atom. The van der Waals surface area contributed by atoms with Crippen LogP contribution in [0.2, 0.25) is 0 Å². The van der Waals surface area contributed by atoms with Gasteiger partial charge in [0.15, 0.2) is 0 Å². The molecule has 0 radical (unpaired) electrons. The lowest BCUT2D eigenvalue weighted by Gasteiger charge is -2.48. The second kappa shape index (κ2) is 7.18. The van der Waals surface area contributed by atoms with Crippen LogP contribution < -0.4 is 5.32 Å². The summed E-state index contributed by atoms with van der Waals surface area (Å²) in [5.74, 6) is 0.252. The molecule has 1 aromatic heterocycles. The number of hydrogen-bond acceptors (Lipinski definition) is 3. The van der Waals surface area contributed by atoms with Crippen LogP contribution >= 0.6 is 0 Å². The Labute approximate surface area is 149 Å². The van der Waals surface area contributed by atoms with Crippen LogP contribution in [0.5, 0.6) is 0 Å². The van der Waals surface area contributed by atoms with Crippen molar-refractivity contribution in [1.82, 2.24) is 15.2 Å². The average Bonchev–Trinajstić information content (AvgIpc) is 3.02. The molecule has 5 heteroatoms. The number of aromatic nitrogens is 1. The molecule has 5 nitrogen and oxygen atoms in total. The molecule has 0 unspecified atom stereocenters. The summed E-state index contributed by atoms with van der Waals surface area (Å²) in [6.45, 7) is 1.04. The number of benzene rings is 1. The quantitative estimate of drug-likeness (QED) is 0.785. The summed E-state index contributed by atoms with van der Waals surface area (Å²) < 4.78 is 0. The number of amides is 1. The molecular weight excluding hydrogens is 314 g/mol. The fraction of sp³-hybridized carbons (Fsp3) is 0.550. The number of carbonyl (C=O) groups excluding carboxylic acids is 1. The van der Waals surface area contributed by atoms with Gasteiger partial charge < -0.3 is 20.3 Å². The number of aliphatic hydroxyl groups excluding tert-OH is 1. The predicted octanol–water partition coefficient (Wildman–Crippen LogP) is 2.61. The Morgan fingerprint density at radius 2 is 2.04 bits per heavy atom. The number of H-pyrrole nitrogens is 1. The number of nitrogens with one attached hydrogen (secondary N) is 2. The minimum absolute atomic E-state index is 0.0670. The van der Waals surface area contributed by atoms with E-state index in [1.165, 1.54) is 22.2 Å². The molecule has 1 saturated heterocycles. The molecule has 0 bridgehead atoms. The molecule has 3 N–H and O–H groups in total. The largest absolute Gasteiger partial charge is 0.400 e. The minimum atomic E-state index is 0.0670. The molecule has 2 heterocycles. The molecule has 2 atom stereocenters. The maximum atomic E-state index is 12.5. The lowest BCUT2D eigenvalue weighted by Crippen LogP contribution is -2.48. The maximum Gasteiger partial charge on any atom is 0.222 e. The van der Waals surface area contributed by atoms with Crippen LogP contribution in [-0.4, -0.2) is 48.6 Å². The number of nitrogens with zero attached hydrogens (tertiary/aromatic N) is 1. The molecule has 1 aromatic carbocycles. The van der Waals surface area contributed by atoms with Crippen molar-refractivity contribution in [2.24, 2.45) is 5.41 Å². The number of carbonyl (C=O) groups is 1. The topological polar surface area (TPSA) is 68.4 Å². The number of aliphatic hydroxyl groups is 1. The Kier molecular flexibility index (Phi) is 5.16. The number of aryl methyl sites for hydroxylation is 1. The number of piperidine rings is 1. The van der Waals surface area contributed by atoms with Crippen molar-refractivity contribution in [3.8, 4) is 0 Å². The van der Waals surface area contributed by atoms with Crippen LogP contribution in [0.25, 0.3) is 10.9 Å². The van der Waals surface area contributed by atoms with Crippen molar-refractivity contribution in [2.45, 2.75) is 38.1 Å². The molecule has 136 valence electrons. The third-order valence-electron chi connectivity index (χ3n) is 5.80. The van der Waals surface area contributed by atoms with Crippen molar-refractivity contribution in [1.29, 1.82) is 0 Å². The molecule has 1 fully saturated rings. The highest BCUT2D eigenvalue weighted by atomic mass is 16.2. The van der Waals surface area contributed by atoms with Crippen molar-refractivity contribution >= 4 is 16.8 Å². The van der Waals surface area contributed by atoms with Crippen LogP contribution in [-0.2, 0) is 11.2 Å². The smallest absolute Gasteiger partial charge is 0.222 e. The number of hydrogen-bond donors (Lipinski definition) is 3. The van der Waals surface area contributed by atoms with Crippen LogP contribution in [0.4, 0.5) is 0 Å². The zero-order valence-corrected chi connectivity index (χ0v) is 15.4. The van der Waals surface area contributed by atoms with Gasteiger partial charge in [0.2, 0.25) is 5.91 Å². The molecule has 25 heavy (non-hydrogen) atoms. The van der Waals surface area contributed by atoms with Crippen LogP contribution in [0, 0.1) is 5.41 Å². The Morgan fingerprint density at radius 1 is 1.28 bits per heavy atom. The van der Waals surface area contributed by atoms with Gasteiger partial charge >= 0.3 is 0 Å². The number of fused-ring (bicyclic) bond motifs is 5. The van der Waals surface area contributed by atoms with E-state index in [1.54, 1.807) is 4.90 Å². The third-order valence-corrected chi connectivity index (χ3v) is 5.80. The van der Waals surface area contributed by atoms with E-state index in [9.17, 15) is 4.79 Å². The molecule has 1 aliphatic carbocycles. The van der Waals surface area contributed by atoms with Crippen LogP contribution in [0.15, 0.2) is 24.3 Å². The van der Waals surface area contributed by atoms with Gasteiger partial charge in [0, 0.05) is 50.3 Å². The van der Waals surface area contributed by atoms with Crippen molar-refractivity contribution in [3.05, 3.63) is 35.5 Å². The lowest BCUT2D eigenvalue weighted by molar-refractivity contribution is -0.132. The second-order valence-electron chi connectivity index (χ2n) is 7.38. The third kappa shape index (κ3) is 3.07. The maximum absolute atomic E-state index is 12.5. The molecule has 1 amide bonds. The van der Waals surface area contributed by atoms with Crippen LogP contribution in [0.1, 0.15) is 43.0 Å². The first-order valence-corrected chi connectivity index (χ1v) is 9.08. The summed E-state index contributed by atoms with van der Waals surface area (Å²) in [6.07, 6.45) is 5.08. The average molecular weight is 343 g/mol. The van der Waals surface area contributed by atoms with Crippen molar-refractivity contribution in [3.63, 3.8) is 0 Å². The number of rotatable bonds is 2. The SMILES string of the molecule is CN(C)C(=O)C[C@@]12CCCN[C@@H]1c1c([nH]c3ccccc13)CC2.CO. The van der Waals surface area contributed by atoms with E-state index in [1.807, 2.05) is 14.1 Å². The second-order valence-corrected chi connectivity index (χ2v) is 7.38. The molecule has 1 aliphatic heterocycles. The molecule has 4 rings (SSSR count). The van der Waals surface area contributed by atoms with Gasteiger partial charge in [0.25, 0.3) is 0 Å². The highest BCUT2D eigenvalue weighted by Crippen LogP contribution is 2.53. The van der Waals surface area contributed by atoms with E-state index in [-0.39, 0.29) is 11.3 Å². The summed E-state index contributed by atoms with van der Waals surface area (Å²) in [6, 6.07) is 8.86. The van der Waals surface area contributed by atoms with E-state index in [2.05, 4.69) is 34.6 Å². The Balaban J connectivity index is 0.000000880. The van der Waals surface area contributed by atoms with Gasteiger partial charge in [-0.25, -0.2) is 0 Å². The molecule has 0 saturated carbocycles. The molecule has 0 spiro atoms. The first-order chi connectivity index (χ1) is 12.1. The lowest BCUT2D eigenvalue weighted by atomic mass is 9.63. The first kappa shape index (κ1) is 18.0. The fourth-order valence-electron chi connectivity index (χ4n) is 4.58. The summed E-state index contributed by atoms with van der Waals surface area (Å²) >= 11 is 0. The summed E-state index contributed by atoms with van der Waals surface area (Å²) in [7, 11) is 4.73. The van der Waals surface area contributed by atoms with E-state index in [0.29, 0.717) is 12.5 Å². The zero-order valence-electron chi connectivity index (χ0n) is 15.4. The van der Waals surface area contributed by atoms with E-state index < -0.39 is 0 Å². The molecule has 2 aliphatic rings. The highest BCUT2D eigenvalue weighted by molar-refractivity contribution is 5.86. The van der Waals surface area contributed by atoms with Gasteiger partial charge in [0.1, 0.15) is 0 Å².